The average molecular weight is 440 g/mol. The molecule has 0 unspecified atom stereocenters. The van der Waals surface area contributed by atoms with Crippen LogP contribution in [0.2, 0.25) is 0 Å². The van der Waals surface area contributed by atoms with Gasteiger partial charge in [0.2, 0.25) is 5.91 Å². The number of aromatic nitrogens is 2. The summed E-state index contributed by atoms with van der Waals surface area (Å²) < 4.78 is 43.9. The lowest BCUT2D eigenvalue weighted by molar-refractivity contribution is -0.137. The maximum Gasteiger partial charge on any atom is 0.417 e. The molecule has 26 heavy (non-hydrogen) atoms. The van der Waals surface area contributed by atoms with E-state index in [1.807, 2.05) is 18.2 Å². The molecule has 0 saturated heterocycles. The van der Waals surface area contributed by atoms with Gasteiger partial charge in [-0.3, -0.25) is 9.20 Å². The van der Waals surface area contributed by atoms with E-state index >= 15 is 0 Å². The van der Waals surface area contributed by atoms with E-state index in [1.54, 1.807) is 4.40 Å². The van der Waals surface area contributed by atoms with Crippen molar-refractivity contribution >= 4 is 48.4 Å². The van der Waals surface area contributed by atoms with E-state index in [0.717, 1.165) is 26.8 Å². The predicted octanol–water partition coefficient (Wildman–Crippen LogP) is 5.10. The van der Waals surface area contributed by atoms with Gasteiger partial charge in [-0.25, -0.2) is 4.98 Å². The van der Waals surface area contributed by atoms with Crippen LogP contribution in [0.5, 0.6) is 0 Å². The predicted molar refractivity (Wildman–Crippen MR) is 97.2 cm³/mol. The Bertz CT molecular complexity index is 1180. The first-order valence-electron chi connectivity index (χ1n) is 7.33. The van der Waals surface area contributed by atoms with Crippen molar-refractivity contribution in [2.75, 3.05) is 0 Å². The van der Waals surface area contributed by atoms with Gasteiger partial charge in [0.15, 0.2) is 4.96 Å². The Balaban J connectivity index is 2.02. The molecule has 0 aliphatic heterocycles. The number of halogens is 4. The first-order valence-corrected chi connectivity index (χ1v) is 8.94. The number of nitrogens with zero attached hydrogens (tertiary/aromatic N) is 2. The van der Waals surface area contributed by atoms with Crippen molar-refractivity contribution in [2.24, 2.45) is 5.73 Å². The number of benzene rings is 2. The Morgan fingerprint density at radius 3 is 2.69 bits per heavy atom. The molecule has 0 aliphatic carbocycles. The van der Waals surface area contributed by atoms with E-state index in [1.165, 1.54) is 23.6 Å². The molecule has 4 rings (SSSR count). The fourth-order valence-corrected chi connectivity index (χ4v) is 4.42. The van der Waals surface area contributed by atoms with Gasteiger partial charge in [-0.15, -0.1) is 0 Å². The average Bonchev–Trinajstić information content (AvgIpc) is 3.10. The van der Waals surface area contributed by atoms with Gasteiger partial charge in [0.1, 0.15) is 0 Å². The summed E-state index contributed by atoms with van der Waals surface area (Å²) >= 11 is 4.73. The number of imidazole rings is 1. The first kappa shape index (κ1) is 17.0. The van der Waals surface area contributed by atoms with Crippen molar-refractivity contribution in [3.05, 3.63) is 58.2 Å². The van der Waals surface area contributed by atoms with Gasteiger partial charge in [0.25, 0.3) is 0 Å². The number of carbonyl (C=O) groups is 1. The summed E-state index contributed by atoms with van der Waals surface area (Å²) in [5.74, 6) is -0.934. The van der Waals surface area contributed by atoms with Gasteiger partial charge in [-0.2, -0.15) is 13.2 Å². The smallest absolute Gasteiger partial charge is 0.366 e. The van der Waals surface area contributed by atoms with Crippen LogP contribution in [0.4, 0.5) is 13.2 Å². The number of primary amides is 1. The van der Waals surface area contributed by atoms with Crippen LogP contribution in [0.25, 0.3) is 26.4 Å². The SMILES string of the molecule is NC(=O)c1cccc(C(F)(F)F)c1-c1cn2c(n1)sc1cc(Br)ccc12. The second kappa shape index (κ2) is 5.82. The van der Waals surface area contributed by atoms with Crippen LogP contribution in [0.3, 0.4) is 0 Å². The number of rotatable bonds is 2. The van der Waals surface area contributed by atoms with Crippen LogP contribution < -0.4 is 5.73 Å². The number of nitrogens with two attached hydrogens (primary N) is 1. The first-order chi connectivity index (χ1) is 12.3. The van der Waals surface area contributed by atoms with Crippen LogP contribution in [0.15, 0.2) is 47.1 Å². The third-order valence-corrected chi connectivity index (χ3v) is 5.46. The van der Waals surface area contributed by atoms with Crippen LogP contribution in [-0.4, -0.2) is 15.3 Å². The van der Waals surface area contributed by atoms with E-state index in [4.69, 9.17) is 5.73 Å². The summed E-state index contributed by atoms with van der Waals surface area (Å²) in [5.41, 5.74) is 4.73. The molecule has 0 spiro atoms. The molecular formula is C17H9BrF3N3OS. The largest absolute Gasteiger partial charge is 0.417 e. The summed E-state index contributed by atoms with van der Waals surface area (Å²) in [6.45, 7) is 0. The van der Waals surface area contributed by atoms with Crippen LogP contribution >= 0.6 is 27.3 Å². The highest BCUT2D eigenvalue weighted by Gasteiger charge is 2.36. The Labute approximate surface area is 157 Å². The monoisotopic (exact) mass is 439 g/mol. The van der Waals surface area contributed by atoms with Gasteiger partial charge in [-0.1, -0.05) is 33.3 Å². The zero-order chi connectivity index (χ0) is 18.6. The Morgan fingerprint density at radius 1 is 1.23 bits per heavy atom. The van der Waals surface area contributed by atoms with Crippen molar-refractivity contribution in [3.63, 3.8) is 0 Å². The van der Waals surface area contributed by atoms with Gasteiger partial charge in [-0.05, 0) is 30.3 Å². The minimum Gasteiger partial charge on any atom is -0.366 e. The van der Waals surface area contributed by atoms with Crippen molar-refractivity contribution in [3.8, 4) is 11.3 Å². The lowest BCUT2D eigenvalue weighted by Gasteiger charge is -2.13. The van der Waals surface area contributed by atoms with Crippen LogP contribution in [0.1, 0.15) is 15.9 Å². The Morgan fingerprint density at radius 2 is 2.00 bits per heavy atom. The fourth-order valence-electron chi connectivity index (χ4n) is 2.87. The van der Waals surface area contributed by atoms with Crippen molar-refractivity contribution in [2.45, 2.75) is 6.18 Å². The van der Waals surface area contributed by atoms with Gasteiger partial charge in [0, 0.05) is 21.8 Å². The molecule has 0 fully saturated rings. The number of hydrogen-bond donors (Lipinski definition) is 1. The molecule has 0 saturated carbocycles. The quantitative estimate of drug-likeness (QED) is 0.472. The van der Waals surface area contributed by atoms with Crippen molar-refractivity contribution < 1.29 is 18.0 Å². The molecule has 0 bridgehead atoms. The van der Waals surface area contributed by atoms with Crippen molar-refractivity contribution in [1.82, 2.24) is 9.38 Å². The zero-order valence-corrected chi connectivity index (χ0v) is 15.2. The minimum absolute atomic E-state index is 0.0581. The molecule has 2 N–H and O–H groups in total. The van der Waals surface area contributed by atoms with Gasteiger partial charge < -0.3 is 5.73 Å². The minimum atomic E-state index is -4.63. The van der Waals surface area contributed by atoms with Crippen LogP contribution in [0, 0.1) is 0 Å². The lowest BCUT2D eigenvalue weighted by atomic mass is 9.97. The number of amides is 1. The Kier molecular flexibility index (Phi) is 3.81. The van der Waals surface area contributed by atoms with Crippen LogP contribution in [-0.2, 0) is 6.18 Å². The van der Waals surface area contributed by atoms with E-state index in [9.17, 15) is 18.0 Å². The van der Waals surface area contributed by atoms with Gasteiger partial charge >= 0.3 is 6.18 Å². The molecule has 4 aromatic rings. The van der Waals surface area contributed by atoms with E-state index in [2.05, 4.69) is 20.9 Å². The summed E-state index contributed by atoms with van der Waals surface area (Å²) in [6.07, 6.45) is -3.14. The molecule has 2 aromatic carbocycles. The normalized spacial score (nSPS) is 12.2. The maximum absolute atomic E-state index is 13.5. The van der Waals surface area contributed by atoms with E-state index in [0.29, 0.717) is 4.96 Å². The molecule has 0 aliphatic rings. The van der Waals surface area contributed by atoms with E-state index in [-0.39, 0.29) is 16.8 Å². The summed E-state index contributed by atoms with van der Waals surface area (Å²) in [7, 11) is 0. The number of thiazole rings is 1. The highest BCUT2D eigenvalue weighted by Crippen LogP contribution is 2.40. The number of alkyl halides is 3. The summed E-state index contributed by atoms with van der Waals surface area (Å²) in [6, 6.07) is 8.95. The summed E-state index contributed by atoms with van der Waals surface area (Å²) in [5, 5.41) is 0. The number of hydrogen-bond acceptors (Lipinski definition) is 3. The molecule has 9 heteroatoms. The third-order valence-electron chi connectivity index (χ3n) is 3.95. The standard InChI is InChI=1S/C17H9BrF3N3OS/c18-8-4-5-12-13(6-8)26-16-23-11(7-24(12)16)14-9(15(22)25)2-1-3-10(14)17(19,20)21/h1-7H,(H2,22,25). The van der Waals surface area contributed by atoms with Gasteiger partial charge in [0.05, 0.1) is 21.5 Å². The number of carbonyl (C=O) groups excluding carboxylic acids is 1. The molecule has 4 nitrogen and oxygen atoms in total. The second-order valence-electron chi connectivity index (χ2n) is 5.58. The third kappa shape index (κ3) is 2.67. The lowest BCUT2D eigenvalue weighted by Crippen LogP contribution is -2.16. The molecule has 2 heterocycles. The molecule has 0 atom stereocenters. The summed E-state index contributed by atoms with van der Waals surface area (Å²) in [4.78, 5) is 16.5. The highest BCUT2D eigenvalue weighted by molar-refractivity contribution is 9.10. The Hall–Kier alpha value is -2.39. The zero-order valence-electron chi connectivity index (χ0n) is 12.8. The molecular weight excluding hydrogens is 431 g/mol. The maximum atomic E-state index is 13.5. The number of fused-ring (bicyclic) bond motifs is 3. The van der Waals surface area contributed by atoms with E-state index < -0.39 is 17.6 Å². The molecule has 1 amide bonds. The highest BCUT2D eigenvalue weighted by atomic mass is 79.9. The molecule has 2 aromatic heterocycles. The van der Waals surface area contributed by atoms with Crippen molar-refractivity contribution in [1.29, 1.82) is 0 Å². The molecule has 0 radical (unpaired) electrons. The molecule has 132 valence electrons. The topological polar surface area (TPSA) is 60.4 Å². The fraction of sp³-hybridized carbons (Fsp3) is 0.0588. The second-order valence-corrected chi connectivity index (χ2v) is 7.51.